The normalized spacial score (nSPS) is 19.1. The lowest BCUT2D eigenvalue weighted by molar-refractivity contribution is 0.0729. The highest BCUT2D eigenvalue weighted by Crippen LogP contribution is 2.28. The van der Waals surface area contributed by atoms with E-state index in [9.17, 15) is 4.79 Å². The Morgan fingerprint density at radius 2 is 2.14 bits per heavy atom. The molecule has 1 N–H and O–H groups in total. The molecule has 1 saturated heterocycles. The van der Waals surface area contributed by atoms with E-state index in [-0.39, 0.29) is 11.9 Å². The lowest BCUT2D eigenvalue weighted by Crippen LogP contribution is -2.37. The van der Waals surface area contributed by atoms with Gasteiger partial charge in [0.2, 0.25) is 0 Å². The Bertz CT molecular complexity index is 865. The Balaban J connectivity index is 1.51. The van der Waals surface area contributed by atoms with Crippen LogP contribution in [0.15, 0.2) is 24.4 Å². The Labute approximate surface area is 165 Å². The Kier molecular flexibility index (Phi) is 5.43. The third-order valence-corrected chi connectivity index (χ3v) is 5.50. The summed E-state index contributed by atoms with van der Waals surface area (Å²) in [6.45, 7) is 2.17. The second-order valence-electron chi connectivity index (χ2n) is 7.25. The number of amides is 1. The van der Waals surface area contributed by atoms with E-state index in [2.05, 4.69) is 10.3 Å². The minimum absolute atomic E-state index is 0.0526. The average molecular weight is 382 g/mol. The van der Waals surface area contributed by atoms with Crippen LogP contribution in [-0.4, -0.2) is 48.1 Å². The van der Waals surface area contributed by atoms with Crippen LogP contribution in [0, 0.1) is 0 Å². The van der Waals surface area contributed by atoms with Crippen molar-refractivity contribution in [1.29, 1.82) is 0 Å². The molecule has 0 aliphatic carbocycles. The molecule has 0 spiro atoms. The number of piperidine rings is 1. The van der Waals surface area contributed by atoms with E-state index in [4.69, 9.17) is 14.5 Å². The molecule has 1 fully saturated rings. The third-order valence-electron chi connectivity index (χ3n) is 5.50. The fraction of sp³-hybridized carbons (Fsp3) is 0.476. The van der Waals surface area contributed by atoms with E-state index in [0.29, 0.717) is 30.2 Å². The topological polar surface area (TPSA) is 76.6 Å². The number of nitrogens with zero attached hydrogens (tertiary/aromatic N) is 3. The number of carbonyl (C=O) groups is 1. The Morgan fingerprint density at radius 1 is 1.25 bits per heavy atom. The first-order valence-corrected chi connectivity index (χ1v) is 9.79. The molecular formula is C21H26N4O3. The Morgan fingerprint density at radius 3 is 2.89 bits per heavy atom. The van der Waals surface area contributed by atoms with Gasteiger partial charge in [0, 0.05) is 37.3 Å². The molecule has 148 valence electrons. The molecule has 0 bridgehead atoms. The number of aromatic nitrogens is 2. The van der Waals surface area contributed by atoms with Crippen LogP contribution in [-0.2, 0) is 13.0 Å². The van der Waals surface area contributed by atoms with Gasteiger partial charge >= 0.3 is 0 Å². The van der Waals surface area contributed by atoms with Crippen molar-refractivity contribution in [3.63, 3.8) is 0 Å². The van der Waals surface area contributed by atoms with Crippen molar-refractivity contribution in [2.24, 2.45) is 0 Å². The molecule has 7 nitrogen and oxygen atoms in total. The van der Waals surface area contributed by atoms with Gasteiger partial charge in [-0.25, -0.2) is 9.97 Å². The van der Waals surface area contributed by atoms with Crippen LogP contribution in [0.4, 0.5) is 0 Å². The molecule has 3 heterocycles. The molecule has 1 atom stereocenters. The molecule has 2 aromatic rings. The summed E-state index contributed by atoms with van der Waals surface area (Å²) in [5, 5.41) is 3.50. The van der Waals surface area contributed by atoms with Crippen LogP contribution in [0.25, 0.3) is 0 Å². The van der Waals surface area contributed by atoms with Crippen LogP contribution in [0.5, 0.6) is 11.5 Å². The maximum Gasteiger partial charge on any atom is 0.257 e. The maximum absolute atomic E-state index is 13.1. The molecule has 7 heteroatoms. The number of hydrogen-bond acceptors (Lipinski definition) is 6. The minimum Gasteiger partial charge on any atom is -0.497 e. The zero-order valence-electron chi connectivity index (χ0n) is 16.4. The van der Waals surface area contributed by atoms with Crippen LogP contribution in [0.2, 0.25) is 0 Å². The predicted molar refractivity (Wildman–Crippen MR) is 105 cm³/mol. The second-order valence-corrected chi connectivity index (χ2v) is 7.25. The molecular weight excluding hydrogens is 356 g/mol. The van der Waals surface area contributed by atoms with Crippen molar-refractivity contribution in [2.75, 3.05) is 27.3 Å². The van der Waals surface area contributed by atoms with Crippen molar-refractivity contribution in [3.05, 3.63) is 47.0 Å². The van der Waals surface area contributed by atoms with E-state index in [1.165, 1.54) is 12.8 Å². The smallest absolute Gasteiger partial charge is 0.257 e. The number of ether oxygens (including phenoxy) is 2. The molecule has 2 aliphatic rings. The lowest BCUT2D eigenvalue weighted by atomic mass is 10.0. The van der Waals surface area contributed by atoms with Gasteiger partial charge in [0.25, 0.3) is 5.91 Å². The van der Waals surface area contributed by atoms with Gasteiger partial charge in [-0.3, -0.25) is 4.79 Å². The zero-order chi connectivity index (χ0) is 19.5. The van der Waals surface area contributed by atoms with Gasteiger partial charge in [-0.2, -0.15) is 0 Å². The first-order valence-electron chi connectivity index (χ1n) is 9.79. The van der Waals surface area contributed by atoms with Crippen LogP contribution < -0.4 is 14.8 Å². The minimum atomic E-state index is -0.0526. The monoisotopic (exact) mass is 382 g/mol. The highest BCUT2D eigenvalue weighted by atomic mass is 16.5. The van der Waals surface area contributed by atoms with Crippen molar-refractivity contribution >= 4 is 5.91 Å². The number of rotatable bonds is 4. The number of benzene rings is 1. The van der Waals surface area contributed by atoms with Gasteiger partial charge in [-0.1, -0.05) is 6.42 Å². The predicted octanol–water partition coefficient (Wildman–Crippen LogP) is 2.51. The molecule has 1 amide bonds. The standard InChI is InChI=1S/C21H26N4O3/c1-27-15-6-7-16(19(11-15)28-2)21(26)25-10-8-17-14(13-25)12-23-20(24-17)18-5-3-4-9-22-18/h6-7,11-12,18,22H,3-5,8-10,13H2,1-2H3. The molecule has 1 aromatic heterocycles. The van der Waals surface area contributed by atoms with E-state index in [1.54, 1.807) is 32.4 Å². The molecule has 28 heavy (non-hydrogen) atoms. The lowest BCUT2D eigenvalue weighted by Gasteiger charge is -2.29. The third kappa shape index (κ3) is 3.67. The van der Waals surface area contributed by atoms with Gasteiger partial charge in [0.1, 0.15) is 17.3 Å². The van der Waals surface area contributed by atoms with E-state index >= 15 is 0 Å². The summed E-state index contributed by atoms with van der Waals surface area (Å²) < 4.78 is 10.6. The summed E-state index contributed by atoms with van der Waals surface area (Å²) in [5.74, 6) is 2.01. The number of hydrogen-bond donors (Lipinski definition) is 1. The second kappa shape index (κ2) is 8.14. The number of fused-ring (bicyclic) bond motifs is 1. The molecule has 0 saturated carbocycles. The summed E-state index contributed by atoms with van der Waals surface area (Å²) in [7, 11) is 3.15. The number of nitrogens with one attached hydrogen (secondary N) is 1. The Hall–Kier alpha value is -2.67. The summed E-state index contributed by atoms with van der Waals surface area (Å²) in [6.07, 6.45) is 6.14. The van der Waals surface area contributed by atoms with Crippen molar-refractivity contribution in [2.45, 2.75) is 38.3 Å². The fourth-order valence-electron chi connectivity index (χ4n) is 3.89. The van der Waals surface area contributed by atoms with Crippen molar-refractivity contribution in [1.82, 2.24) is 20.2 Å². The molecule has 1 unspecified atom stereocenters. The summed E-state index contributed by atoms with van der Waals surface area (Å²) in [4.78, 5) is 24.3. The van der Waals surface area contributed by atoms with E-state index in [1.807, 2.05) is 11.1 Å². The van der Waals surface area contributed by atoms with Gasteiger partial charge in [0.15, 0.2) is 0 Å². The van der Waals surface area contributed by atoms with Gasteiger partial charge in [-0.15, -0.1) is 0 Å². The highest BCUT2D eigenvalue weighted by molar-refractivity contribution is 5.97. The molecule has 1 aromatic carbocycles. The van der Waals surface area contributed by atoms with Crippen LogP contribution >= 0.6 is 0 Å². The van der Waals surface area contributed by atoms with Crippen LogP contribution in [0.1, 0.15) is 52.7 Å². The zero-order valence-corrected chi connectivity index (χ0v) is 16.4. The van der Waals surface area contributed by atoms with Gasteiger partial charge in [0.05, 0.1) is 31.5 Å². The molecule has 2 aliphatic heterocycles. The molecule has 0 radical (unpaired) electrons. The van der Waals surface area contributed by atoms with Crippen molar-refractivity contribution in [3.8, 4) is 11.5 Å². The maximum atomic E-state index is 13.1. The first kappa shape index (κ1) is 18.7. The van der Waals surface area contributed by atoms with Crippen molar-refractivity contribution < 1.29 is 14.3 Å². The van der Waals surface area contributed by atoms with E-state index < -0.39 is 0 Å². The first-order chi connectivity index (χ1) is 13.7. The summed E-state index contributed by atoms with van der Waals surface area (Å²) in [6, 6.07) is 5.52. The SMILES string of the molecule is COc1ccc(C(=O)N2CCc3nc(C4CCCCN4)ncc3C2)c(OC)c1. The summed E-state index contributed by atoms with van der Waals surface area (Å²) >= 11 is 0. The number of carbonyl (C=O) groups excluding carboxylic acids is 1. The fourth-order valence-corrected chi connectivity index (χ4v) is 3.89. The quantitative estimate of drug-likeness (QED) is 0.876. The number of methoxy groups -OCH3 is 2. The van der Waals surface area contributed by atoms with Crippen LogP contribution in [0.3, 0.4) is 0 Å². The largest absolute Gasteiger partial charge is 0.497 e. The van der Waals surface area contributed by atoms with Gasteiger partial charge in [-0.05, 0) is 31.5 Å². The molecule has 4 rings (SSSR count). The highest BCUT2D eigenvalue weighted by Gasteiger charge is 2.26. The average Bonchev–Trinajstić information content (AvgIpc) is 2.78. The van der Waals surface area contributed by atoms with Gasteiger partial charge < -0.3 is 19.7 Å². The van der Waals surface area contributed by atoms with E-state index in [0.717, 1.165) is 36.5 Å². The summed E-state index contributed by atoms with van der Waals surface area (Å²) in [5.41, 5.74) is 2.62.